The number of fused-ring (bicyclic) bond motifs is 1. The number of phenols is 1. The van der Waals surface area contributed by atoms with Gasteiger partial charge in [-0.15, -0.1) is 0 Å². The molecule has 7 heteroatoms. The lowest BCUT2D eigenvalue weighted by molar-refractivity contribution is 0.0693. The highest BCUT2D eigenvalue weighted by molar-refractivity contribution is 7.92. The molecule has 0 saturated carbocycles. The van der Waals surface area contributed by atoms with Gasteiger partial charge in [-0.25, -0.2) is 13.2 Å². The van der Waals surface area contributed by atoms with Crippen molar-refractivity contribution in [2.45, 2.75) is 37.1 Å². The van der Waals surface area contributed by atoms with E-state index in [0.29, 0.717) is 18.5 Å². The minimum absolute atomic E-state index is 0.141. The number of rotatable bonds is 4. The quantitative estimate of drug-likeness (QED) is 0.873. The lowest BCUT2D eigenvalue weighted by Crippen LogP contribution is -2.43. The van der Waals surface area contributed by atoms with E-state index in [1.165, 1.54) is 10.4 Å². The molecule has 2 aromatic rings. The van der Waals surface area contributed by atoms with E-state index in [-0.39, 0.29) is 10.9 Å². The summed E-state index contributed by atoms with van der Waals surface area (Å²) in [4.78, 5) is 11.1. The van der Waals surface area contributed by atoms with Crippen LogP contribution in [0.3, 0.4) is 0 Å². The van der Waals surface area contributed by atoms with Gasteiger partial charge in [0, 0.05) is 6.04 Å². The van der Waals surface area contributed by atoms with Crippen LogP contribution in [0.1, 0.15) is 35.7 Å². The minimum atomic E-state index is -3.95. The third kappa shape index (κ3) is 2.95. The van der Waals surface area contributed by atoms with E-state index in [4.69, 9.17) is 5.11 Å². The molecule has 1 atom stereocenters. The van der Waals surface area contributed by atoms with Crippen LogP contribution in [0.5, 0.6) is 5.75 Å². The zero-order chi connectivity index (χ0) is 18.2. The fourth-order valence-electron chi connectivity index (χ4n) is 3.23. The van der Waals surface area contributed by atoms with Gasteiger partial charge in [-0.3, -0.25) is 4.31 Å². The number of aromatic hydroxyl groups is 1. The third-order valence-electron chi connectivity index (χ3n) is 4.53. The smallest absolute Gasteiger partial charge is 0.339 e. The number of benzene rings is 2. The summed E-state index contributed by atoms with van der Waals surface area (Å²) >= 11 is 0. The molecule has 1 aliphatic heterocycles. The van der Waals surface area contributed by atoms with Gasteiger partial charge in [-0.2, -0.15) is 0 Å². The van der Waals surface area contributed by atoms with Gasteiger partial charge in [-0.1, -0.05) is 25.1 Å². The Morgan fingerprint density at radius 2 is 1.96 bits per heavy atom. The molecular formula is C18H19NO5S. The topological polar surface area (TPSA) is 94.9 Å². The van der Waals surface area contributed by atoms with Crippen LogP contribution in [-0.4, -0.2) is 30.6 Å². The number of aryl methyl sites for hydroxylation is 1. The van der Waals surface area contributed by atoms with Crippen LogP contribution in [0.15, 0.2) is 47.4 Å². The Morgan fingerprint density at radius 1 is 1.24 bits per heavy atom. The second-order valence-electron chi connectivity index (χ2n) is 6.01. The van der Waals surface area contributed by atoms with Gasteiger partial charge in [0.1, 0.15) is 11.3 Å². The van der Waals surface area contributed by atoms with E-state index in [1.807, 2.05) is 19.1 Å². The Bertz CT molecular complexity index is 923. The zero-order valence-corrected chi connectivity index (χ0v) is 14.5. The SMILES string of the molecule is CC[C@H]1CCc2ccccc2N1S(=O)(=O)c1ccc(O)c(C(=O)O)c1. The van der Waals surface area contributed by atoms with Crippen LogP contribution in [0, 0.1) is 0 Å². The first-order chi connectivity index (χ1) is 11.9. The molecule has 0 fully saturated rings. The molecule has 1 aliphatic rings. The maximum atomic E-state index is 13.3. The molecule has 25 heavy (non-hydrogen) atoms. The highest BCUT2D eigenvalue weighted by atomic mass is 32.2. The second kappa shape index (κ2) is 6.40. The molecule has 132 valence electrons. The van der Waals surface area contributed by atoms with Crippen LogP contribution < -0.4 is 4.31 Å². The Kier molecular flexibility index (Phi) is 4.43. The number of hydrogen-bond acceptors (Lipinski definition) is 4. The summed E-state index contributed by atoms with van der Waals surface area (Å²) in [7, 11) is -3.95. The van der Waals surface area contributed by atoms with Gasteiger partial charge in [-0.05, 0) is 49.1 Å². The molecule has 2 aromatic carbocycles. The maximum absolute atomic E-state index is 13.3. The summed E-state index contributed by atoms with van der Waals surface area (Å²) in [6.07, 6.45) is 2.16. The van der Waals surface area contributed by atoms with Crippen molar-refractivity contribution < 1.29 is 23.4 Å². The van der Waals surface area contributed by atoms with E-state index < -0.39 is 27.3 Å². The summed E-state index contributed by atoms with van der Waals surface area (Å²) in [5, 5.41) is 18.8. The summed E-state index contributed by atoms with van der Waals surface area (Å²) in [6, 6.07) is 10.5. The molecule has 1 heterocycles. The average Bonchev–Trinajstić information content (AvgIpc) is 2.60. The molecule has 0 unspecified atom stereocenters. The van der Waals surface area contributed by atoms with Crippen LogP contribution >= 0.6 is 0 Å². The lowest BCUT2D eigenvalue weighted by atomic mass is 9.97. The summed E-state index contributed by atoms with van der Waals surface area (Å²) in [6.45, 7) is 1.93. The maximum Gasteiger partial charge on any atom is 0.339 e. The summed E-state index contributed by atoms with van der Waals surface area (Å²) in [5.74, 6) is -1.84. The van der Waals surface area contributed by atoms with Gasteiger partial charge in [0.25, 0.3) is 10.0 Å². The fourth-order valence-corrected chi connectivity index (χ4v) is 5.05. The average molecular weight is 361 g/mol. The van der Waals surface area contributed by atoms with Crippen LogP contribution in [0.4, 0.5) is 5.69 Å². The van der Waals surface area contributed by atoms with Crippen molar-refractivity contribution in [3.05, 3.63) is 53.6 Å². The number of hydrogen-bond donors (Lipinski definition) is 2. The summed E-state index contributed by atoms with van der Waals surface area (Å²) in [5.41, 5.74) is 1.15. The predicted octanol–water partition coefficient (Wildman–Crippen LogP) is 3.01. The van der Waals surface area contributed by atoms with Gasteiger partial charge < -0.3 is 10.2 Å². The first kappa shape index (κ1) is 17.3. The molecule has 0 bridgehead atoms. The lowest BCUT2D eigenvalue weighted by Gasteiger charge is -2.37. The number of aromatic carboxylic acids is 1. The number of para-hydroxylation sites is 1. The van der Waals surface area contributed by atoms with Crippen molar-refractivity contribution in [3.8, 4) is 5.75 Å². The van der Waals surface area contributed by atoms with E-state index in [2.05, 4.69) is 0 Å². The standard InChI is InChI=1S/C18H19NO5S/c1-2-13-8-7-12-5-3-4-6-16(12)19(13)25(23,24)14-9-10-17(20)15(11-14)18(21)22/h3-6,9-11,13,20H,2,7-8H2,1H3,(H,21,22)/t13-/m0/s1. The number of carboxylic acid groups (broad SMARTS) is 1. The molecule has 2 N–H and O–H groups in total. The molecule has 0 aromatic heterocycles. The van der Waals surface area contributed by atoms with Crippen LogP contribution in [0.25, 0.3) is 0 Å². The van der Waals surface area contributed by atoms with Crippen LogP contribution in [-0.2, 0) is 16.4 Å². The van der Waals surface area contributed by atoms with E-state index in [1.54, 1.807) is 12.1 Å². The number of nitrogens with zero attached hydrogens (tertiary/aromatic N) is 1. The number of carboxylic acids is 1. The predicted molar refractivity (Wildman–Crippen MR) is 93.6 cm³/mol. The Balaban J connectivity index is 2.16. The number of sulfonamides is 1. The van der Waals surface area contributed by atoms with Gasteiger partial charge in [0.05, 0.1) is 10.6 Å². The van der Waals surface area contributed by atoms with Gasteiger partial charge in [0.2, 0.25) is 0 Å². The first-order valence-corrected chi connectivity index (χ1v) is 9.49. The van der Waals surface area contributed by atoms with Gasteiger partial charge in [0.15, 0.2) is 0 Å². The van der Waals surface area contributed by atoms with Crippen molar-refractivity contribution in [2.24, 2.45) is 0 Å². The van der Waals surface area contributed by atoms with Crippen molar-refractivity contribution in [1.82, 2.24) is 0 Å². The molecule has 6 nitrogen and oxygen atoms in total. The first-order valence-electron chi connectivity index (χ1n) is 8.05. The van der Waals surface area contributed by atoms with Crippen molar-refractivity contribution in [3.63, 3.8) is 0 Å². The van der Waals surface area contributed by atoms with Gasteiger partial charge >= 0.3 is 5.97 Å². The highest BCUT2D eigenvalue weighted by Gasteiger charge is 2.35. The Hall–Kier alpha value is -2.54. The minimum Gasteiger partial charge on any atom is -0.507 e. The monoisotopic (exact) mass is 361 g/mol. The molecule has 3 rings (SSSR count). The Morgan fingerprint density at radius 3 is 2.64 bits per heavy atom. The third-order valence-corrected chi connectivity index (χ3v) is 6.40. The number of anilines is 1. The van der Waals surface area contributed by atoms with E-state index in [9.17, 15) is 18.3 Å². The van der Waals surface area contributed by atoms with E-state index >= 15 is 0 Å². The molecule has 0 spiro atoms. The Labute approximate surface area is 146 Å². The van der Waals surface area contributed by atoms with Crippen molar-refractivity contribution in [2.75, 3.05) is 4.31 Å². The van der Waals surface area contributed by atoms with Crippen molar-refractivity contribution >= 4 is 21.7 Å². The van der Waals surface area contributed by atoms with Crippen molar-refractivity contribution in [1.29, 1.82) is 0 Å². The molecular weight excluding hydrogens is 342 g/mol. The highest BCUT2D eigenvalue weighted by Crippen LogP contribution is 2.37. The largest absolute Gasteiger partial charge is 0.507 e. The molecule has 0 aliphatic carbocycles. The van der Waals surface area contributed by atoms with E-state index in [0.717, 1.165) is 24.1 Å². The molecule has 0 saturated heterocycles. The molecule has 0 amide bonds. The fraction of sp³-hybridized carbons (Fsp3) is 0.278. The zero-order valence-electron chi connectivity index (χ0n) is 13.7. The normalized spacial score (nSPS) is 17.2. The number of carbonyl (C=O) groups is 1. The molecule has 0 radical (unpaired) electrons. The second-order valence-corrected chi connectivity index (χ2v) is 7.83. The summed E-state index contributed by atoms with van der Waals surface area (Å²) < 4.78 is 27.9. The van der Waals surface area contributed by atoms with Crippen LogP contribution in [0.2, 0.25) is 0 Å².